The van der Waals surface area contributed by atoms with Crippen molar-refractivity contribution in [3.05, 3.63) is 42.0 Å². The van der Waals surface area contributed by atoms with E-state index in [1.807, 2.05) is 19.1 Å². The van der Waals surface area contributed by atoms with E-state index in [0.717, 1.165) is 5.69 Å². The van der Waals surface area contributed by atoms with E-state index in [1.165, 1.54) is 12.4 Å². The summed E-state index contributed by atoms with van der Waals surface area (Å²) in [6, 6.07) is 5.41. The summed E-state index contributed by atoms with van der Waals surface area (Å²) in [5.41, 5.74) is 1.08. The molecule has 6 nitrogen and oxygen atoms in total. The summed E-state index contributed by atoms with van der Waals surface area (Å²) >= 11 is 0. The molecule has 0 spiro atoms. The monoisotopic (exact) mass is 243 g/mol. The minimum Gasteiger partial charge on any atom is -0.372 e. The molecule has 0 radical (unpaired) electrons. The van der Waals surface area contributed by atoms with Gasteiger partial charge in [0.15, 0.2) is 0 Å². The molecule has 0 saturated carbocycles. The van der Waals surface area contributed by atoms with Gasteiger partial charge >= 0.3 is 0 Å². The van der Waals surface area contributed by atoms with Gasteiger partial charge in [0, 0.05) is 12.7 Å². The van der Waals surface area contributed by atoms with Crippen LogP contribution in [-0.2, 0) is 0 Å². The van der Waals surface area contributed by atoms with Crippen molar-refractivity contribution in [1.82, 2.24) is 15.0 Å². The number of amides is 1. The molecule has 2 heterocycles. The maximum Gasteiger partial charge on any atom is 0.277 e. The molecule has 0 saturated heterocycles. The lowest BCUT2D eigenvalue weighted by Crippen LogP contribution is -2.15. The molecule has 92 valence electrons. The maximum absolute atomic E-state index is 11.9. The van der Waals surface area contributed by atoms with E-state index >= 15 is 0 Å². The Kier molecular flexibility index (Phi) is 3.47. The van der Waals surface area contributed by atoms with Gasteiger partial charge in [-0.25, -0.2) is 15.0 Å². The zero-order valence-electron chi connectivity index (χ0n) is 10.1. The Balaban J connectivity index is 2.11. The SMILES string of the molecule is CNc1cnc(C(=O)Nc2cccc(C)n2)cn1. The standard InChI is InChI=1S/C12H13N5O/c1-8-4-3-5-10(16-8)17-12(18)9-6-15-11(13-2)7-14-9/h3-7H,1-2H3,(H,13,15)(H,16,17,18). The second-order valence-corrected chi connectivity index (χ2v) is 3.66. The first kappa shape index (κ1) is 12.0. The van der Waals surface area contributed by atoms with Gasteiger partial charge in [-0.05, 0) is 19.1 Å². The second kappa shape index (κ2) is 5.22. The summed E-state index contributed by atoms with van der Waals surface area (Å²) in [7, 11) is 1.74. The number of rotatable bonds is 3. The summed E-state index contributed by atoms with van der Waals surface area (Å²) in [4.78, 5) is 24.1. The van der Waals surface area contributed by atoms with Gasteiger partial charge in [-0.2, -0.15) is 0 Å². The van der Waals surface area contributed by atoms with Crippen molar-refractivity contribution in [1.29, 1.82) is 0 Å². The normalized spacial score (nSPS) is 9.89. The topological polar surface area (TPSA) is 79.8 Å². The summed E-state index contributed by atoms with van der Waals surface area (Å²) in [6.45, 7) is 1.86. The van der Waals surface area contributed by atoms with E-state index < -0.39 is 0 Å². The Bertz CT molecular complexity index is 553. The minimum absolute atomic E-state index is 0.248. The second-order valence-electron chi connectivity index (χ2n) is 3.66. The van der Waals surface area contributed by atoms with Crippen molar-refractivity contribution < 1.29 is 4.79 Å². The highest BCUT2D eigenvalue weighted by Gasteiger charge is 2.08. The molecule has 2 aromatic heterocycles. The zero-order chi connectivity index (χ0) is 13.0. The van der Waals surface area contributed by atoms with Crippen molar-refractivity contribution in [3.63, 3.8) is 0 Å². The van der Waals surface area contributed by atoms with Crippen molar-refractivity contribution in [2.24, 2.45) is 0 Å². The Hall–Kier alpha value is -2.50. The van der Waals surface area contributed by atoms with Gasteiger partial charge in [0.05, 0.1) is 12.4 Å². The first-order chi connectivity index (χ1) is 8.69. The third-order valence-corrected chi connectivity index (χ3v) is 2.27. The molecular weight excluding hydrogens is 230 g/mol. The van der Waals surface area contributed by atoms with E-state index in [-0.39, 0.29) is 11.6 Å². The predicted octanol–water partition coefficient (Wildman–Crippen LogP) is 1.47. The van der Waals surface area contributed by atoms with E-state index in [9.17, 15) is 4.79 Å². The molecular formula is C12H13N5O. The fourth-order valence-corrected chi connectivity index (χ4v) is 1.37. The molecule has 2 rings (SSSR count). The molecule has 0 fully saturated rings. The minimum atomic E-state index is -0.330. The maximum atomic E-state index is 11.9. The lowest BCUT2D eigenvalue weighted by atomic mass is 10.3. The highest BCUT2D eigenvalue weighted by Crippen LogP contribution is 2.06. The van der Waals surface area contributed by atoms with Gasteiger partial charge in [-0.3, -0.25) is 4.79 Å². The van der Waals surface area contributed by atoms with Crippen LogP contribution in [0.5, 0.6) is 0 Å². The molecule has 18 heavy (non-hydrogen) atoms. The zero-order valence-corrected chi connectivity index (χ0v) is 10.1. The lowest BCUT2D eigenvalue weighted by Gasteiger charge is -2.04. The van der Waals surface area contributed by atoms with Gasteiger partial charge in [-0.15, -0.1) is 0 Å². The average molecular weight is 243 g/mol. The summed E-state index contributed by atoms with van der Waals surface area (Å²) in [6.07, 6.45) is 2.91. The third kappa shape index (κ3) is 2.79. The number of nitrogens with zero attached hydrogens (tertiary/aromatic N) is 3. The van der Waals surface area contributed by atoms with Gasteiger partial charge in [0.1, 0.15) is 17.3 Å². The summed E-state index contributed by atoms with van der Waals surface area (Å²) in [5.74, 6) is 0.781. The first-order valence-corrected chi connectivity index (χ1v) is 5.44. The van der Waals surface area contributed by atoms with E-state index in [2.05, 4.69) is 25.6 Å². The summed E-state index contributed by atoms with van der Waals surface area (Å²) < 4.78 is 0. The number of carbonyl (C=O) groups excluding carboxylic acids is 1. The fraction of sp³-hybridized carbons (Fsp3) is 0.167. The van der Waals surface area contributed by atoms with Crippen molar-refractivity contribution in [3.8, 4) is 0 Å². The highest BCUT2D eigenvalue weighted by atomic mass is 16.1. The van der Waals surface area contributed by atoms with E-state index in [0.29, 0.717) is 11.6 Å². The largest absolute Gasteiger partial charge is 0.372 e. The number of hydrogen-bond donors (Lipinski definition) is 2. The number of hydrogen-bond acceptors (Lipinski definition) is 5. The van der Waals surface area contributed by atoms with Crippen LogP contribution in [0.3, 0.4) is 0 Å². The molecule has 2 N–H and O–H groups in total. The number of anilines is 2. The fourth-order valence-electron chi connectivity index (χ4n) is 1.37. The van der Waals surface area contributed by atoms with Gasteiger partial charge in [0.2, 0.25) is 0 Å². The summed E-state index contributed by atoms with van der Waals surface area (Å²) in [5, 5.41) is 5.50. The number of aryl methyl sites for hydroxylation is 1. The van der Waals surface area contributed by atoms with Crippen LogP contribution < -0.4 is 10.6 Å². The molecule has 1 amide bonds. The quantitative estimate of drug-likeness (QED) is 0.853. The third-order valence-electron chi connectivity index (χ3n) is 2.27. The van der Waals surface area contributed by atoms with Crippen LogP contribution in [0.1, 0.15) is 16.2 Å². The molecule has 0 aliphatic carbocycles. The smallest absolute Gasteiger partial charge is 0.277 e. The molecule has 2 aromatic rings. The van der Waals surface area contributed by atoms with E-state index in [4.69, 9.17) is 0 Å². The molecule has 0 aliphatic heterocycles. The van der Waals surface area contributed by atoms with Gasteiger partial charge in [-0.1, -0.05) is 6.07 Å². The Labute approximate surface area is 105 Å². The first-order valence-electron chi connectivity index (χ1n) is 5.44. The van der Waals surface area contributed by atoms with Crippen molar-refractivity contribution in [2.75, 3.05) is 17.7 Å². The lowest BCUT2D eigenvalue weighted by molar-refractivity contribution is 0.102. The Morgan fingerprint density at radius 2 is 2.00 bits per heavy atom. The van der Waals surface area contributed by atoms with Crippen molar-refractivity contribution in [2.45, 2.75) is 6.92 Å². The number of carbonyl (C=O) groups is 1. The Morgan fingerprint density at radius 3 is 2.61 bits per heavy atom. The van der Waals surface area contributed by atoms with Crippen LogP contribution in [0, 0.1) is 6.92 Å². The van der Waals surface area contributed by atoms with Crippen LogP contribution in [-0.4, -0.2) is 27.9 Å². The van der Waals surface area contributed by atoms with Crippen LogP contribution in [0.15, 0.2) is 30.6 Å². The molecule has 0 aliphatic rings. The molecule has 0 aromatic carbocycles. The molecule has 6 heteroatoms. The Morgan fingerprint density at radius 1 is 1.17 bits per heavy atom. The van der Waals surface area contributed by atoms with Gasteiger partial charge in [0.25, 0.3) is 5.91 Å². The van der Waals surface area contributed by atoms with Crippen LogP contribution >= 0.6 is 0 Å². The highest BCUT2D eigenvalue weighted by molar-refractivity contribution is 6.02. The predicted molar refractivity (Wildman–Crippen MR) is 68.5 cm³/mol. The molecule has 0 unspecified atom stereocenters. The molecule has 0 bridgehead atoms. The number of nitrogens with one attached hydrogen (secondary N) is 2. The van der Waals surface area contributed by atoms with Gasteiger partial charge < -0.3 is 10.6 Å². The number of aromatic nitrogens is 3. The van der Waals surface area contributed by atoms with Crippen molar-refractivity contribution >= 4 is 17.5 Å². The van der Waals surface area contributed by atoms with Crippen LogP contribution in [0.2, 0.25) is 0 Å². The average Bonchev–Trinajstić information content (AvgIpc) is 2.39. The van der Waals surface area contributed by atoms with Crippen LogP contribution in [0.4, 0.5) is 11.6 Å². The van der Waals surface area contributed by atoms with E-state index in [1.54, 1.807) is 13.1 Å². The van der Waals surface area contributed by atoms with Crippen LogP contribution in [0.25, 0.3) is 0 Å². The number of pyridine rings is 1. The molecule has 0 atom stereocenters.